The van der Waals surface area contributed by atoms with Crippen molar-refractivity contribution in [3.63, 3.8) is 0 Å². The maximum Gasteiger partial charge on any atom is 0.306 e. The van der Waals surface area contributed by atoms with Crippen LogP contribution in [0.15, 0.2) is 0 Å². The molecule has 0 aliphatic heterocycles. The molecule has 0 saturated heterocycles. The Morgan fingerprint density at radius 3 is 2.17 bits per heavy atom. The zero-order valence-electron chi connectivity index (χ0n) is 11.7. The van der Waals surface area contributed by atoms with Crippen molar-refractivity contribution in [2.45, 2.75) is 57.0 Å². The molecule has 0 aliphatic rings. The Kier molecular flexibility index (Phi) is 9.83. The predicted molar refractivity (Wildman–Crippen MR) is 73.6 cm³/mol. The van der Waals surface area contributed by atoms with E-state index in [0.717, 1.165) is 12.8 Å². The molecule has 106 valence electrons. The van der Waals surface area contributed by atoms with Gasteiger partial charge in [0.05, 0.1) is 26.6 Å². The van der Waals surface area contributed by atoms with E-state index in [4.69, 9.17) is 4.74 Å². The largest absolute Gasteiger partial charge is 0.469 e. The number of hydrogen-bond donors (Lipinski definition) is 0. The highest BCUT2D eigenvalue weighted by molar-refractivity contribution is 8.00. The summed E-state index contributed by atoms with van der Waals surface area (Å²) in [6.07, 6.45) is 2.69. The summed E-state index contributed by atoms with van der Waals surface area (Å²) in [7, 11) is 1.38. The summed E-state index contributed by atoms with van der Waals surface area (Å²) in [5.74, 6) is -0.374. The van der Waals surface area contributed by atoms with E-state index in [0.29, 0.717) is 19.4 Å². The van der Waals surface area contributed by atoms with Crippen molar-refractivity contribution >= 4 is 23.7 Å². The van der Waals surface area contributed by atoms with E-state index in [1.165, 1.54) is 7.11 Å². The van der Waals surface area contributed by atoms with E-state index in [-0.39, 0.29) is 22.4 Å². The minimum atomic E-state index is -0.215. The first-order valence-corrected chi connectivity index (χ1v) is 7.31. The van der Waals surface area contributed by atoms with Gasteiger partial charge in [-0.05, 0) is 6.42 Å². The fraction of sp³-hybridized carbons (Fsp3) is 0.846. The second-order valence-electron chi connectivity index (χ2n) is 4.32. The summed E-state index contributed by atoms with van der Waals surface area (Å²) in [5, 5.41) is 0.301. The Balaban J connectivity index is 3.77. The lowest BCUT2D eigenvalue weighted by Crippen LogP contribution is -2.16. The van der Waals surface area contributed by atoms with Crippen molar-refractivity contribution < 1.29 is 19.1 Å². The third kappa shape index (κ3) is 9.33. The zero-order valence-corrected chi connectivity index (χ0v) is 12.5. The van der Waals surface area contributed by atoms with Crippen LogP contribution in [-0.2, 0) is 19.1 Å². The molecule has 0 heterocycles. The van der Waals surface area contributed by atoms with Gasteiger partial charge in [-0.15, -0.1) is 0 Å². The molecule has 0 fully saturated rings. The van der Waals surface area contributed by atoms with Crippen molar-refractivity contribution in [3.8, 4) is 0 Å². The lowest BCUT2D eigenvalue weighted by molar-refractivity contribution is -0.143. The summed E-state index contributed by atoms with van der Waals surface area (Å²) in [5.41, 5.74) is 0. The standard InChI is InChI=1S/C13H24O4S/c1-5-6-7-17-13(15)9-11(3)18-10(2)8-12(14)16-4/h10-11H,5-9H2,1-4H3. The summed E-state index contributed by atoms with van der Waals surface area (Å²) in [6, 6.07) is 0. The fourth-order valence-corrected chi connectivity index (χ4v) is 2.69. The summed E-state index contributed by atoms with van der Waals surface area (Å²) in [6.45, 7) is 6.49. The van der Waals surface area contributed by atoms with Gasteiger partial charge in [0.1, 0.15) is 0 Å². The van der Waals surface area contributed by atoms with Gasteiger partial charge in [-0.3, -0.25) is 9.59 Å². The van der Waals surface area contributed by atoms with E-state index in [9.17, 15) is 9.59 Å². The van der Waals surface area contributed by atoms with Crippen molar-refractivity contribution in [2.75, 3.05) is 13.7 Å². The number of hydrogen-bond acceptors (Lipinski definition) is 5. The summed E-state index contributed by atoms with van der Waals surface area (Å²) in [4.78, 5) is 22.5. The number of methoxy groups -OCH3 is 1. The van der Waals surface area contributed by atoms with Crippen molar-refractivity contribution in [2.24, 2.45) is 0 Å². The van der Waals surface area contributed by atoms with Gasteiger partial charge in [0, 0.05) is 10.5 Å². The van der Waals surface area contributed by atoms with E-state index >= 15 is 0 Å². The van der Waals surface area contributed by atoms with E-state index in [1.54, 1.807) is 11.8 Å². The number of carbonyl (C=O) groups is 2. The SMILES string of the molecule is CCCCOC(=O)CC(C)SC(C)CC(=O)OC. The maximum absolute atomic E-state index is 11.5. The molecule has 0 aromatic rings. The van der Waals surface area contributed by atoms with E-state index < -0.39 is 0 Å². The molecule has 0 radical (unpaired) electrons. The molecule has 4 nitrogen and oxygen atoms in total. The Bertz CT molecular complexity index is 255. The molecule has 0 aliphatic carbocycles. The maximum atomic E-state index is 11.5. The third-order valence-electron chi connectivity index (χ3n) is 2.36. The van der Waals surface area contributed by atoms with Crippen LogP contribution in [0.1, 0.15) is 46.5 Å². The molecule has 2 atom stereocenters. The molecule has 0 rings (SSSR count). The molecule has 0 N–H and O–H groups in total. The molecule has 0 amide bonds. The molecule has 0 bridgehead atoms. The van der Waals surface area contributed by atoms with Crippen LogP contribution >= 0.6 is 11.8 Å². The van der Waals surface area contributed by atoms with Crippen LogP contribution in [0.4, 0.5) is 0 Å². The average Bonchev–Trinajstić information content (AvgIpc) is 2.28. The second kappa shape index (κ2) is 10.2. The van der Waals surface area contributed by atoms with Gasteiger partial charge in [-0.25, -0.2) is 0 Å². The Hall–Kier alpha value is -0.710. The Morgan fingerprint density at radius 1 is 1.11 bits per heavy atom. The topological polar surface area (TPSA) is 52.6 Å². The first-order chi connectivity index (χ1) is 8.49. The molecule has 5 heteroatoms. The van der Waals surface area contributed by atoms with Gasteiger partial charge in [0.25, 0.3) is 0 Å². The minimum absolute atomic E-state index is 0.149. The van der Waals surface area contributed by atoms with Crippen LogP contribution in [0.2, 0.25) is 0 Å². The molecule has 0 aromatic carbocycles. The van der Waals surface area contributed by atoms with Gasteiger partial charge < -0.3 is 9.47 Å². The highest BCUT2D eigenvalue weighted by Gasteiger charge is 2.16. The molecule has 0 spiro atoms. The smallest absolute Gasteiger partial charge is 0.306 e. The minimum Gasteiger partial charge on any atom is -0.469 e. The fourth-order valence-electron chi connectivity index (χ4n) is 1.43. The lowest BCUT2D eigenvalue weighted by Gasteiger charge is -2.15. The van der Waals surface area contributed by atoms with Gasteiger partial charge >= 0.3 is 11.9 Å². The molecular weight excluding hydrogens is 252 g/mol. The number of esters is 2. The average molecular weight is 276 g/mol. The van der Waals surface area contributed by atoms with Crippen LogP contribution in [0.3, 0.4) is 0 Å². The number of carbonyl (C=O) groups excluding carboxylic acids is 2. The molecule has 0 aromatic heterocycles. The summed E-state index contributed by atoms with van der Waals surface area (Å²) < 4.78 is 9.70. The van der Waals surface area contributed by atoms with Crippen LogP contribution in [-0.4, -0.2) is 36.2 Å². The van der Waals surface area contributed by atoms with Crippen molar-refractivity contribution in [1.29, 1.82) is 0 Å². The van der Waals surface area contributed by atoms with Crippen molar-refractivity contribution in [3.05, 3.63) is 0 Å². The van der Waals surface area contributed by atoms with E-state index in [2.05, 4.69) is 11.7 Å². The van der Waals surface area contributed by atoms with E-state index in [1.807, 2.05) is 13.8 Å². The first-order valence-electron chi connectivity index (χ1n) is 6.37. The number of unbranched alkanes of at least 4 members (excludes halogenated alkanes) is 1. The molecule has 18 heavy (non-hydrogen) atoms. The van der Waals surface area contributed by atoms with Crippen LogP contribution in [0, 0.1) is 0 Å². The molecular formula is C13H24O4S. The Morgan fingerprint density at radius 2 is 1.67 bits per heavy atom. The normalized spacial score (nSPS) is 13.8. The van der Waals surface area contributed by atoms with Gasteiger partial charge in [-0.2, -0.15) is 11.8 Å². The number of thioether (sulfide) groups is 1. The molecule has 0 saturated carbocycles. The predicted octanol–water partition coefficient (Wildman–Crippen LogP) is 2.79. The van der Waals surface area contributed by atoms with Crippen LogP contribution in [0.5, 0.6) is 0 Å². The highest BCUT2D eigenvalue weighted by Crippen LogP contribution is 2.23. The van der Waals surface area contributed by atoms with Gasteiger partial charge in [-0.1, -0.05) is 27.2 Å². The van der Waals surface area contributed by atoms with Crippen LogP contribution < -0.4 is 0 Å². The van der Waals surface area contributed by atoms with Gasteiger partial charge in [0.15, 0.2) is 0 Å². The lowest BCUT2D eigenvalue weighted by atomic mass is 10.3. The third-order valence-corrected chi connectivity index (χ3v) is 3.62. The van der Waals surface area contributed by atoms with Gasteiger partial charge in [0.2, 0.25) is 0 Å². The van der Waals surface area contributed by atoms with Crippen molar-refractivity contribution in [1.82, 2.24) is 0 Å². The number of rotatable bonds is 9. The van der Waals surface area contributed by atoms with Crippen LogP contribution in [0.25, 0.3) is 0 Å². The Labute approximate surface area is 114 Å². The number of ether oxygens (including phenoxy) is 2. The monoisotopic (exact) mass is 276 g/mol. The quantitative estimate of drug-likeness (QED) is 0.479. The first kappa shape index (κ1) is 17.3. The summed E-state index contributed by atoms with van der Waals surface area (Å²) >= 11 is 1.61. The molecule has 2 unspecified atom stereocenters. The second-order valence-corrected chi connectivity index (χ2v) is 6.20. The highest BCUT2D eigenvalue weighted by atomic mass is 32.2. The zero-order chi connectivity index (χ0) is 14.0.